The number of aryl methyl sites for hydroxylation is 6. The molecule has 0 aliphatic carbocycles. The molecule has 16 nitrogen and oxygen atoms in total. The van der Waals surface area contributed by atoms with Gasteiger partial charge in [0.2, 0.25) is 11.6 Å². The Morgan fingerprint density at radius 3 is 1.57 bits per heavy atom. The van der Waals surface area contributed by atoms with E-state index in [1.807, 2.05) is 64.1 Å². The van der Waals surface area contributed by atoms with E-state index in [-0.39, 0.29) is 64.9 Å². The van der Waals surface area contributed by atoms with Crippen molar-refractivity contribution < 1.29 is 64.1 Å². The third kappa shape index (κ3) is 17.7. The maximum absolute atomic E-state index is 12.7. The fourth-order valence-electron chi connectivity index (χ4n) is 9.80. The van der Waals surface area contributed by atoms with Crippen molar-refractivity contribution in [2.75, 3.05) is 60.4 Å². The van der Waals surface area contributed by atoms with E-state index in [9.17, 15) is 19.2 Å². The number of piperidine rings is 3. The first-order valence-electron chi connectivity index (χ1n) is 25.6. The summed E-state index contributed by atoms with van der Waals surface area (Å²) in [6, 6.07) is 29.6. The number of aromatic nitrogens is 6. The maximum Gasteiger partial charge on any atom is 1.00 e. The molecule has 0 bridgehead atoms. The van der Waals surface area contributed by atoms with Crippen LogP contribution in [0.25, 0.3) is 5.57 Å². The second-order valence-corrected chi connectivity index (χ2v) is 19.2. The summed E-state index contributed by atoms with van der Waals surface area (Å²) in [7, 11) is 6.44. The van der Waals surface area contributed by atoms with Crippen LogP contribution in [0.1, 0.15) is 87.8 Å². The molecule has 0 amide bonds. The van der Waals surface area contributed by atoms with Gasteiger partial charge in [-0.25, -0.2) is 19.7 Å². The number of imidazole rings is 3. The van der Waals surface area contributed by atoms with Gasteiger partial charge in [-0.3, -0.25) is 14.4 Å². The van der Waals surface area contributed by atoms with Crippen LogP contribution in [0.15, 0.2) is 140 Å². The number of fused-ring (bicyclic) bond motifs is 2. The van der Waals surface area contributed by atoms with Crippen molar-refractivity contribution in [3.05, 3.63) is 180 Å². The first-order valence-corrected chi connectivity index (χ1v) is 25.6. The van der Waals surface area contributed by atoms with Crippen LogP contribution in [0.2, 0.25) is 0 Å². The van der Waals surface area contributed by atoms with Crippen LogP contribution >= 0.6 is 0 Å². The molecular weight excluding hydrogens is 958 g/mol. The van der Waals surface area contributed by atoms with Crippen molar-refractivity contribution in [2.45, 2.75) is 77.4 Å². The number of ketones is 2. The topological polar surface area (TPSA) is 191 Å². The van der Waals surface area contributed by atoms with Crippen molar-refractivity contribution >= 4 is 29.6 Å². The molecule has 0 saturated carbocycles. The van der Waals surface area contributed by atoms with Gasteiger partial charge in [0.1, 0.15) is 12.1 Å². The molecule has 4 aliphatic rings. The van der Waals surface area contributed by atoms with E-state index in [4.69, 9.17) is 5.11 Å². The fraction of sp³-hybridized carbons (Fsp3) is 0.397. The molecule has 0 unspecified atom stereocenters. The number of Topliss-reactive ketones (excluding diaryl/α,β-unsaturated/α-hetero) is 2. The van der Waals surface area contributed by atoms with Crippen LogP contribution in [0.4, 0.5) is 0 Å². The van der Waals surface area contributed by atoms with Gasteiger partial charge in [-0.1, -0.05) is 90.5 Å². The molecular formula is C58H72N9NaO7. The molecule has 3 aromatic carbocycles. The largest absolute Gasteiger partial charge is 1.00 e. The summed E-state index contributed by atoms with van der Waals surface area (Å²) >= 11 is 0. The van der Waals surface area contributed by atoms with Gasteiger partial charge in [-0.15, -0.1) is 0 Å². The molecule has 3 fully saturated rings. The molecule has 0 radical (unpaired) electrons. The van der Waals surface area contributed by atoms with Gasteiger partial charge < -0.3 is 43.7 Å². The fourth-order valence-corrected chi connectivity index (χ4v) is 9.80. The third-order valence-electron chi connectivity index (χ3n) is 14.2. The van der Waals surface area contributed by atoms with Crippen LogP contribution in [0.5, 0.6) is 0 Å². The van der Waals surface area contributed by atoms with Crippen molar-refractivity contribution in [1.82, 2.24) is 43.4 Å². The van der Waals surface area contributed by atoms with Crippen LogP contribution < -0.4 is 29.6 Å². The van der Waals surface area contributed by atoms with E-state index in [2.05, 4.69) is 115 Å². The Balaban J connectivity index is 0.000000192. The number of aliphatic carboxylic acids is 1. The predicted molar refractivity (Wildman–Crippen MR) is 285 cm³/mol. The van der Waals surface area contributed by atoms with Crippen molar-refractivity contribution in [3.8, 4) is 0 Å². The summed E-state index contributed by atoms with van der Waals surface area (Å²) < 4.78 is 10.2. The van der Waals surface area contributed by atoms with E-state index < -0.39 is 5.97 Å². The minimum Gasteiger partial charge on any atom is -0.870 e. The Bertz CT molecular complexity index is 2630. The standard InChI is InChI=1S/2C18H23N3O.C18H21N3.C4H4O4.Na.H2O/c2*1-20-11-8-16(9-12-20)17(22)18-19-10-14-21(18)13-7-15-5-3-2-4-6-15;1-20-10-6-15(7-11-20)17-16-5-3-2-4-14(16)8-12-21-13-9-19-18(17)21;5-3-8-2-1-4(6)7;;/h2*2-6,10,14,16H,7-9,11-13H2,1H3;2-5,9,13H,6-8,10-12H2,1H3;1-3H,(H,6,7);;1H2/q;;;;+1;/p-1/b;;;2-1+;;. The molecule has 392 valence electrons. The van der Waals surface area contributed by atoms with E-state index >= 15 is 0 Å². The van der Waals surface area contributed by atoms with E-state index in [1.165, 1.54) is 33.7 Å². The number of carbonyl (C=O) groups excluding carboxylic acids is 3. The smallest absolute Gasteiger partial charge is 0.870 e. The van der Waals surface area contributed by atoms with Gasteiger partial charge in [-0.05, 0) is 127 Å². The van der Waals surface area contributed by atoms with Crippen molar-refractivity contribution in [2.24, 2.45) is 11.8 Å². The molecule has 3 saturated heterocycles. The van der Waals surface area contributed by atoms with Gasteiger partial charge in [0, 0.05) is 87.3 Å². The third-order valence-corrected chi connectivity index (χ3v) is 14.2. The SMILES string of the molecule is CN1CCC(=C2c3ccccc3CCn3ccnc32)CC1.CN1CCC(C(=O)c2nccn2CCc2ccccc2)CC1.CN1CCC(C(=O)c2nccn2CCc2ccccc2)CC1.O=CO/C=C/C(=O)O.[Na+].[OH-]. The zero-order valence-electron chi connectivity index (χ0n) is 44.1. The molecule has 7 heterocycles. The van der Waals surface area contributed by atoms with Gasteiger partial charge in [0.25, 0.3) is 6.47 Å². The zero-order chi connectivity index (χ0) is 51.4. The van der Waals surface area contributed by atoms with Gasteiger partial charge >= 0.3 is 35.5 Å². The Hall–Kier alpha value is -6.11. The Morgan fingerprint density at radius 2 is 1.08 bits per heavy atom. The first kappa shape index (κ1) is 59.8. The summed E-state index contributed by atoms with van der Waals surface area (Å²) in [6.07, 6.45) is 21.9. The predicted octanol–water partition coefficient (Wildman–Crippen LogP) is 4.85. The number of carbonyl (C=O) groups is 4. The Morgan fingerprint density at radius 1 is 0.613 bits per heavy atom. The molecule has 75 heavy (non-hydrogen) atoms. The number of benzene rings is 3. The number of likely N-dealkylation sites (tertiary alicyclic amines) is 3. The summed E-state index contributed by atoms with van der Waals surface area (Å²) in [5.74, 6) is 1.97. The van der Waals surface area contributed by atoms with Crippen molar-refractivity contribution in [3.63, 3.8) is 0 Å². The van der Waals surface area contributed by atoms with Gasteiger partial charge in [0.15, 0.2) is 11.6 Å². The van der Waals surface area contributed by atoms with Crippen LogP contribution in [-0.4, -0.2) is 138 Å². The number of hydrogen-bond donors (Lipinski definition) is 1. The molecule has 3 aromatic heterocycles. The number of nitrogens with zero attached hydrogens (tertiary/aromatic N) is 9. The number of ether oxygens (including phenoxy) is 1. The molecule has 6 aromatic rings. The monoisotopic (exact) mass is 1030 g/mol. The van der Waals surface area contributed by atoms with E-state index in [1.54, 1.807) is 18.0 Å². The number of rotatable bonds is 13. The quantitative estimate of drug-likeness (QED) is 0.0544. The number of carboxylic acid groups (broad SMARTS) is 1. The molecule has 4 aliphatic heterocycles. The summed E-state index contributed by atoms with van der Waals surface area (Å²) in [4.78, 5) is 64.6. The average Bonchev–Trinajstić information content (AvgIpc) is 4.20. The summed E-state index contributed by atoms with van der Waals surface area (Å²) in [5, 5.41) is 7.86. The average molecular weight is 1030 g/mol. The van der Waals surface area contributed by atoms with Crippen LogP contribution in [0, 0.1) is 11.8 Å². The van der Waals surface area contributed by atoms with Gasteiger partial charge in [0.05, 0.1) is 6.08 Å². The number of hydrogen-bond acceptors (Lipinski definition) is 12. The second-order valence-electron chi connectivity index (χ2n) is 19.2. The minimum absolute atomic E-state index is 0. The van der Waals surface area contributed by atoms with Crippen LogP contribution in [0.3, 0.4) is 0 Å². The summed E-state index contributed by atoms with van der Waals surface area (Å²) in [6.45, 7) is 9.09. The molecule has 0 spiro atoms. The van der Waals surface area contributed by atoms with E-state index in [0.29, 0.717) is 17.7 Å². The second kappa shape index (κ2) is 31.1. The maximum atomic E-state index is 12.7. The molecule has 17 heteroatoms. The molecule has 2 N–H and O–H groups in total. The zero-order valence-corrected chi connectivity index (χ0v) is 46.1. The first-order chi connectivity index (χ1) is 35.6. The Kier molecular flexibility index (Phi) is 24.8. The Labute approximate surface area is 463 Å². The molecule has 10 rings (SSSR count). The minimum atomic E-state index is -1.15. The molecule has 0 atom stereocenters. The summed E-state index contributed by atoms with van der Waals surface area (Å²) in [5.41, 5.74) is 8.42. The van der Waals surface area contributed by atoms with Gasteiger partial charge in [-0.2, -0.15) is 0 Å². The number of carboxylic acids is 1. The normalized spacial score (nSPS) is 16.1. The van der Waals surface area contributed by atoms with E-state index in [0.717, 1.165) is 123 Å². The van der Waals surface area contributed by atoms with Crippen LogP contribution in [-0.2, 0) is 53.2 Å². The van der Waals surface area contributed by atoms with Crippen molar-refractivity contribution in [1.29, 1.82) is 0 Å².